The monoisotopic (exact) mass is 434 g/mol. The smallest absolute Gasteiger partial charge is 0.283 e. The van der Waals surface area contributed by atoms with Crippen LogP contribution in [0.25, 0.3) is 0 Å². The first-order valence-corrected chi connectivity index (χ1v) is 10.7. The van der Waals surface area contributed by atoms with E-state index in [1.807, 2.05) is 54.6 Å². The number of benzene rings is 3. The predicted octanol–water partition coefficient (Wildman–Crippen LogP) is 5.89. The summed E-state index contributed by atoms with van der Waals surface area (Å²) in [7, 11) is 0. The Morgan fingerprint density at radius 2 is 1.63 bits per heavy atom. The molecule has 0 bridgehead atoms. The molecule has 0 aliphatic carbocycles. The van der Waals surface area contributed by atoms with Crippen molar-refractivity contribution in [3.05, 3.63) is 100 Å². The maximum absolute atomic E-state index is 13.3. The summed E-state index contributed by atoms with van der Waals surface area (Å²) >= 11 is 7.36. The van der Waals surface area contributed by atoms with E-state index in [9.17, 15) is 9.59 Å². The molecule has 3 aromatic carbocycles. The number of carbonyl (C=O) groups excluding carboxylic acids is 2. The fourth-order valence-electron chi connectivity index (χ4n) is 3.15. The molecule has 6 heteroatoms. The van der Waals surface area contributed by atoms with Gasteiger partial charge in [0.2, 0.25) is 0 Å². The van der Waals surface area contributed by atoms with Crippen LogP contribution in [-0.2, 0) is 16.0 Å². The van der Waals surface area contributed by atoms with E-state index in [-0.39, 0.29) is 17.5 Å². The molecule has 3 aromatic rings. The number of imide groups is 1. The minimum absolute atomic E-state index is 0.246. The molecule has 30 heavy (non-hydrogen) atoms. The van der Waals surface area contributed by atoms with E-state index in [2.05, 4.69) is 12.2 Å². The normalized spacial score (nSPS) is 13.9. The summed E-state index contributed by atoms with van der Waals surface area (Å²) in [5.74, 6) is -0.731. The zero-order valence-corrected chi connectivity index (χ0v) is 17.8. The summed E-state index contributed by atoms with van der Waals surface area (Å²) in [6, 6.07) is 24.1. The molecule has 0 fully saturated rings. The van der Waals surface area contributed by atoms with E-state index in [1.54, 1.807) is 24.3 Å². The Morgan fingerprint density at radius 3 is 2.30 bits per heavy atom. The first-order valence-electron chi connectivity index (χ1n) is 9.54. The molecular weight excluding hydrogens is 416 g/mol. The van der Waals surface area contributed by atoms with Crippen LogP contribution in [-0.4, -0.2) is 11.8 Å². The van der Waals surface area contributed by atoms with Crippen LogP contribution in [0.2, 0.25) is 5.02 Å². The molecule has 150 valence electrons. The van der Waals surface area contributed by atoms with Gasteiger partial charge in [-0.2, -0.15) is 0 Å². The zero-order chi connectivity index (χ0) is 21.1. The minimum atomic E-state index is -0.386. The van der Waals surface area contributed by atoms with Crippen LogP contribution in [0.3, 0.4) is 0 Å². The topological polar surface area (TPSA) is 49.4 Å². The van der Waals surface area contributed by atoms with E-state index >= 15 is 0 Å². The molecule has 1 heterocycles. The highest BCUT2D eigenvalue weighted by Gasteiger charge is 2.40. The first kappa shape index (κ1) is 20.3. The van der Waals surface area contributed by atoms with Gasteiger partial charge in [0, 0.05) is 15.6 Å². The largest absolute Gasteiger partial charge is 0.350 e. The maximum atomic E-state index is 13.3. The SMILES string of the molecule is CCc1ccc(N2C(=O)C(Nc3cccc(Cl)c3)=C(Sc3ccccc3)C2=O)cc1. The molecule has 1 aliphatic heterocycles. The summed E-state index contributed by atoms with van der Waals surface area (Å²) in [5.41, 5.74) is 2.59. The number of halogens is 1. The second-order valence-electron chi connectivity index (χ2n) is 6.72. The Labute approximate surface area is 184 Å². The van der Waals surface area contributed by atoms with Gasteiger partial charge in [0.1, 0.15) is 10.6 Å². The number of hydrogen-bond donors (Lipinski definition) is 1. The Bertz CT molecular complexity index is 1130. The van der Waals surface area contributed by atoms with Gasteiger partial charge in [-0.25, -0.2) is 4.90 Å². The average Bonchev–Trinajstić information content (AvgIpc) is 2.98. The number of aryl methyl sites for hydroxylation is 1. The van der Waals surface area contributed by atoms with Gasteiger partial charge in [0.25, 0.3) is 11.8 Å². The molecule has 0 atom stereocenters. The molecule has 0 radical (unpaired) electrons. The number of thioether (sulfide) groups is 1. The summed E-state index contributed by atoms with van der Waals surface area (Å²) in [6.45, 7) is 2.06. The number of hydrogen-bond acceptors (Lipinski definition) is 4. The molecule has 2 amide bonds. The number of rotatable bonds is 6. The number of amides is 2. The number of carbonyl (C=O) groups is 2. The molecular formula is C24H19ClN2O2S. The Morgan fingerprint density at radius 1 is 0.900 bits per heavy atom. The van der Waals surface area contributed by atoms with E-state index in [1.165, 1.54) is 16.7 Å². The second-order valence-corrected chi connectivity index (χ2v) is 8.24. The lowest BCUT2D eigenvalue weighted by Crippen LogP contribution is -2.32. The standard InChI is InChI=1S/C24H19ClN2O2S/c1-2-16-11-13-19(14-12-16)27-23(28)21(26-18-8-6-7-17(25)15-18)22(24(27)29)30-20-9-4-3-5-10-20/h3-15,26H,2H2,1H3. The van der Waals surface area contributed by atoms with Crippen molar-refractivity contribution >= 4 is 46.6 Å². The number of nitrogens with zero attached hydrogens (tertiary/aromatic N) is 1. The first-order chi connectivity index (χ1) is 14.6. The van der Waals surface area contributed by atoms with E-state index in [0.29, 0.717) is 21.3 Å². The van der Waals surface area contributed by atoms with Gasteiger partial charge >= 0.3 is 0 Å². The Balaban J connectivity index is 1.73. The Hall–Kier alpha value is -3.02. The van der Waals surface area contributed by atoms with Crippen molar-refractivity contribution in [2.24, 2.45) is 0 Å². The van der Waals surface area contributed by atoms with Crippen molar-refractivity contribution in [2.75, 3.05) is 10.2 Å². The third kappa shape index (κ3) is 4.13. The molecule has 0 saturated heterocycles. The van der Waals surface area contributed by atoms with Gasteiger partial charge in [-0.05, 0) is 54.4 Å². The highest BCUT2D eigenvalue weighted by atomic mass is 35.5. The molecule has 0 spiro atoms. The van der Waals surface area contributed by atoms with Gasteiger partial charge in [0.15, 0.2) is 0 Å². The van der Waals surface area contributed by atoms with Crippen LogP contribution in [0.1, 0.15) is 12.5 Å². The van der Waals surface area contributed by atoms with E-state index in [0.717, 1.165) is 16.9 Å². The maximum Gasteiger partial charge on any atom is 0.283 e. The predicted molar refractivity (Wildman–Crippen MR) is 123 cm³/mol. The fourth-order valence-corrected chi connectivity index (χ4v) is 4.28. The minimum Gasteiger partial charge on any atom is -0.350 e. The average molecular weight is 435 g/mol. The summed E-state index contributed by atoms with van der Waals surface area (Å²) in [6.07, 6.45) is 0.886. The van der Waals surface area contributed by atoms with Crippen LogP contribution in [0.4, 0.5) is 11.4 Å². The lowest BCUT2D eigenvalue weighted by molar-refractivity contribution is -0.120. The third-order valence-corrected chi connectivity index (χ3v) is 6.03. The van der Waals surface area contributed by atoms with Crippen molar-refractivity contribution < 1.29 is 9.59 Å². The van der Waals surface area contributed by atoms with E-state index < -0.39 is 0 Å². The molecule has 1 aliphatic rings. The highest BCUT2D eigenvalue weighted by Crippen LogP contribution is 2.38. The van der Waals surface area contributed by atoms with E-state index in [4.69, 9.17) is 11.6 Å². The summed E-state index contributed by atoms with van der Waals surface area (Å²) in [5, 5.41) is 3.66. The number of nitrogens with one attached hydrogen (secondary N) is 1. The molecule has 0 unspecified atom stereocenters. The summed E-state index contributed by atoms with van der Waals surface area (Å²) < 4.78 is 0. The van der Waals surface area contributed by atoms with Crippen molar-refractivity contribution in [3.63, 3.8) is 0 Å². The van der Waals surface area contributed by atoms with Crippen LogP contribution in [0, 0.1) is 0 Å². The molecule has 4 rings (SSSR count). The van der Waals surface area contributed by atoms with Crippen LogP contribution in [0.5, 0.6) is 0 Å². The Kier molecular flexibility index (Phi) is 5.93. The van der Waals surface area contributed by atoms with Crippen LogP contribution >= 0.6 is 23.4 Å². The van der Waals surface area contributed by atoms with Gasteiger partial charge in [0.05, 0.1) is 5.69 Å². The molecule has 1 N–H and O–H groups in total. The van der Waals surface area contributed by atoms with Gasteiger partial charge in [-0.15, -0.1) is 0 Å². The molecule has 0 aromatic heterocycles. The lowest BCUT2D eigenvalue weighted by Gasteiger charge is -2.15. The molecule has 4 nitrogen and oxygen atoms in total. The quantitative estimate of drug-likeness (QED) is 0.491. The van der Waals surface area contributed by atoms with Crippen LogP contribution in [0.15, 0.2) is 94.4 Å². The highest BCUT2D eigenvalue weighted by molar-refractivity contribution is 8.04. The van der Waals surface area contributed by atoms with Crippen molar-refractivity contribution in [3.8, 4) is 0 Å². The van der Waals surface area contributed by atoms with Gasteiger partial charge in [-0.3, -0.25) is 9.59 Å². The fraction of sp³-hybridized carbons (Fsp3) is 0.0833. The lowest BCUT2D eigenvalue weighted by atomic mass is 10.1. The van der Waals surface area contributed by atoms with Crippen molar-refractivity contribution in [2.45, 2.75) is 18.2 Å². The zero-order valence-electron chi connectivity index (χ0n) is 16.3. The van der Waals surface area contributed by atoms with Crippen LogP contribution < -0.4 is 10.2 Å². The third-order valence-electron chi connectivity index (χ3n) is 4.70. The van der Waals surface area contributed by atoms with Gasteiger partial charge < -0.3 is 5.32 Å². The van der Waals surface area contributed by atoms with Crippen molar-refractivity contribution in [1.82, 2.24) is 0 Å². The van der Waals surface area contributed by atoms with Crippen molar-refractivity contribution in [1.29, 1.82) is 0 Å². The second kappa shape index (κ2) is 8.78. The van der Waals surface area contributed by atoms with Gasteiger partial charge in [-0.1, -0.05) is 66.7 Å². The molecule has 0 saturated carbocycles. The summed E-state index contributed by atoms with van der Waals surface area (Å²) in [4.78, 5) is 29.1. The number of anilines is 2.